The van der Waals surface area contributed by atoms with Crippen LogP contribution in [0.25, 0.3) is 11.0 Å². The second kappa shape index (κ2) is 18.4. The summed E-state index contributed by atoms with van der Waals surface area (Å²) in [5, 5.41) is 17.4. The Morgan fingerprint density at radius 3 is 2.12 bits per heavy atom. The normalized spacial score (nSPS) is 17.6. The first-order valence-corrected chi connectivity index (χ1v) is 20.0. The van der Waals surface area contributed by atoms with Crippen LogP contribution in [-0.4, -0.2) is 93.1 Å². The number of para-hydroxylation sites is 1. The van der Waals surface area contributed by atoms with Crippen LogP contribution in [0.5, 0.6) is 0 Å². The number of alkyl carbamates (subject to hydrolysis) is 1. The number of nitrogens with zero attached hydrogens (tertiary/aromatic N) is 4. The van der Waals surface area contributed by atoms with Crippen molar-refractivity contribution in [2.24, 2.45) is 11.8 Å². The van der Waals surface area contributed by atoms with E-state index in [2.05, 4.69) is 50.1 Å². The second-order valence-electron chi connectivity index (χ2n) is 15.8. The summed E-state index contributed by atoms with van der Waals surface area (Å²) in [6.07, 6.45) is 0.826. The molecule has 4 aromatic rings. The largest absolute Gasteiger partial charge is 0.465 e. The van der Waals surface area contributed by atoms with Crippen molar-refractivity contribution in [1.82, 2.24) is 30.4 Å². The quantitative estimate of drug-likeness (QED) is 0.101. The lowest BCUT2D eigenvalue weighted by Crippen LogP contribution is -2.54. The van der Waals surface area contributed by atoms with Gasteiger partial charge in [-0.25, -0.2) is 14.6 Å². The molecule has 58 heavy (non-hydrogen) atoms. The van der Waals surface area contributed by atoms with Crippen LogP contribution in [0.2, 0.25) is 0 Å². The molecule has 2 aliphatic rings. The van der Waals surface area contributed by atoms with Gasteiger partial charge in [0.05, 0.1) is 24.2 Å². The van der Waals surface area contributed by atoms with Gasteiger partial charge in [-0.2, -0.15) is 0 Å². The number of rotatable bonds is 14. The van der Waals surface area contributed by atoms with E-state index >= 15 is 0 Å². The van der Waals surface area contributed by atoms with E-state index < -0.39 is 30.3 Å². The lowest BCUT2D eigenvalue weighted by atomic mass is 10.0. The Morgan fingerprint density at radius 2 is 1.45 bits per heavy atom. The fourth-order valence-corrected chi connectivity index (χ4v) is 7.89. The van der Waals surface area contributed by atoms with Gasteiger partial charge in [0.2, 0.25) is 17.7 Å². The number of hydrogen-bond donors (Lipinski definition) is 5. The number of methoxy groups -OCH3 is 1. The van der Waals surface area contributed by atoms with Gasteiger partial charge in [0, 0.05) is 37.6 Å². The molecule has 0 aliphatic carbocycles. The molecule has 15 heteroatoms. The van der Waals surface area contributed by atoms with Crippen molar-refractivity contribution in [3.8, 4) is 0 Å². The van der Waals surface area contributed by atoms with E-state index in [1.54, 1.807) is 9.80 Å². The molecule has 3 heterocycles. The van der Waals surface area contributed by atoms with Crippen LogP contribution in [-0.2, 0) is 32.2 Å². The SMILES string of the molecule is COC(=O)N[C@H](C(=O)N1CCC[C@H]1C(=O)Nc1ccc(CN(Cc2ccc3[nH]c([C@@H]4CCCN4C(=O)C(NC(=O)O)C(C)C)nc3c2)c2ccccc2)cc1)C(C)C. The molecule has 0 radical (unpaired) electrons. The second-order valence-corrected chi connectivity index (χ2v) is 15.8. The van der Waals surface area contributed by atoms with Gasteiger partial charge >= 0.3 is 12.2 Å². The lowest BCUT2D eigenvalue weighted by Gasteiger charge is -2.30. The van der Waals surface area contributed by atoms with Crippen molar-refractivity contribution < 1.29 is 33.8 Å². The molecule has 1 unspecified atom stereocenters. The van der Waals surface area contributed by atoms with Crippen LogP contribution in [0.3, 0.4) is 0 Å². The van der Waals surface area contributed by atoms with Gasteiger partial charge in [-0.1, -0.05) is 64.1 Å². The molecule has 3 aromatic carbocycles. The van der Waals surface area contributed by atoms with E-state index in [1.807, 2.05) is 76.2 Å². The molecule has 308 valence electrons. The topological polar surface area (TPSA) is 189 Å². The Bertz CT molecular complexity index is 2090. The maximum absolute atomic E-state index is 13.5. The predicted molar refractivity (Wildman–Crippen MR) is 220 cm³/mol. The van der Waals surface area contributed by atoms with Gasteiger partial charge in [0.15, 0.2) is 0 Å². The summed E-state index contributed by atoms with van der Waals surface area (Å²) in [6, 6.07) is 21.3. The third-order valence-corrected chi connectivity index (χ3v) is 10.9. The number of H-pyrrole nitrogens is 1. The van der Waals surface area contributed by atoms with Crippen molar-refractivity contribution >= 4 is 52.3 Å². The van der Waals surface area contributed by atoms with Crippen molar-refractivity contribution in [1.29, 1.82) is 0 Å². The molecule has 2 fully saturated rings. The number of nitrogens with one attached hydrogen (secondary N) is 4. The molecule has 0 bridgehead atoms. The van der Waals surface area contributed by atoms with Crippen LogP contribution in [0.4, 0.5) is 21.0 Å². The highest BCUT2D eigenvalue weighted by Gasteiger charge is 2.39. The molecule has 2 aliphatic heterocycles. The highest BCUT2D eigenvalue weighted by atomic mass is 16.5. The number of fused-ring (bicyclic) bond motifs is 1. The zero-order chi connectivity index (χ0) is 41.5. The number of amides is 5. The van der Waals surface area contributed by atoms with Crippen LogP contribution < -0.4 is 20.9 Å². The third kappa shape index (κ3) is 9.69. The Kier molecular flexibility index (Phi) is 13.2. The molecule has 2 saturated heterocycles. The minimum atomic E-state index is -1.22. The number of aromatic amines is 1. The zero-order valence-corrected chi connectivity index (χ0v) is 33.7. The Labute approximate surface area is 338 Å². The van der Waals surface area contributed by atoms with Crippen molar-refractivity contribution in [2.75, 3.05) is 30.4 Å². The highest BCUT2D eigenvalue weighted by Crippen LogP contribution is 2.33. The monoisotopic (exact) mass is 794 g/mol. The number of ether oxygens (including phenoxy) is 1. The van der Waals surface area contributed by atoms with Crippen molar-refractivity contribution in [2.45, 2.75) is 90.6 Å². The van der Waals surface area contributed by atoms with E-state index in [4.69, 9.17) is 9.72 Å². The maximum Gasteiger partial charge on any atom is 0.407 e. The maximum atomic E-state index is 13.5. The summed E-state index contributed by atoms with van der Waals surface area (Å²) in [7, 11) is 1.25. The average Bonchev–Trinajstić information content (AvgIpc) is 3.99. The van der Waals surface area contributed by atoms with Gasteiger partial charge in [-0.15, -0.1) is 0 Å². The number of hydrogen-bond acceptors (Lipinski definition) is 8. The molecule has 15 nitrogen and oxygen atoms in total. The molecule has 5 N–H and O–H groups in total. The number of likely N-dealkylation sites (tertiary alicyclic amines) is 2. The van der Waals surface area contributed by atoms with E-state index in [9.17, 15) is 29.1 Å². The van der Waals surface area contributed by atoms with Gasteiger partial charge in [-0.3, -0.25) is 14.4 Å². The summed E-state index contributed by atoms with van der Waals surface area (Å²) in [5.41, 5.74) is 5.36. The molecule has 4 atom stereocenters. The number of anilines is 2. The van der Waals surface area contributed by atoms with Crippen LogP contribution >= 0.6 is 0 Å². The summed E-state index contributed by atoms with van der Waals surface area (Å²) in [6.45, 7) is 9.46. The smallest absolute Gasteiger partial charge is 0.407 e. The molecule has 1 aromatic heterocycles. The van der Waals surface area contributed by atoms with Crippen LogP contribution in [0.15, 0.2) is 72.8 Å². The standard InChI is InChI=1S/C43H54N8O7/c1-26(2)36(47-42(55)56)40(53)50-21-9-13-34(50)38-45-32-20-17-29(23-33(32)46-38)25-49(31-11-7-6-8-12-31)24-28-15-18-30(19-16-28)44-39(52)35-14-10-22-51(35)41(54)37(27(3)4)48-43(57)58-5/h6-8,11-12,15-20,23,26-27,34-37,47H,9-10,13-14,21-22,24-25H2,1-5H3,(H,44,52)(H,45,46)(H,48,57)(H,55,56)/t34-,35-,36?,37-/m0/s1. The fourth-order valence-electron chi connectivity index (χ4n) is 7.89. The minimum Gasteiger partial charge on any atom is -0.465 e. The van der Waals surface area contributed by atoms with E-state index in [0.717, 1.165) is 40.7 Å². The number of carbonyl (C=O) groups is 5. The number of benzene rings is 3. The lowest BCUT2D eigenvalue weighted by molar-refractivity contribution is -0.139. The summed E-state index contributed by atoms with van der Waals surface area (Å²) in [4.78, 5) is 77.7. The molecule has 0 saturated carbocycles. The Hall–Kier alpha value is -6.12. The van der Waals surface area contributed by atoms with E-state index in [0.29, 0.717) is 50.5 Å². The zero-order valence-electron chi connectivity index (χ0n) is 33.7. The fraction of sp³-hybridized carbons (Fsp3) is 0.442. The van der Waals surface area contributed by atoms with Crippen LogP contribution in [0, 0.1) is 11.8 Å². The number of carboxylic acid groups (broad SMARTS) is 1. The minimum absolute atomic E-state index is 0.193. The Morgan fingerprint density at radius 1 is 0.828 bits per heavy atom. The van der Waals surface area contributed by atoms with Crippen molar-refractivity contribution in [3.05, 3.63) is 89.7 Å². The highest BCUT2D eigenvalue weighted by molar-refractivity contribution is 5.98. The first kappa shape index (κ1) is 41.5. The Balaban J connectivity index is 1.13. The van der Waals surface area contributed by atoms with Gasteiger partial charge in [0.1, 0.15) is 23.9 Å². The molecule has 6 rings (SSSR count). The van der Waals surface area contributed by atoms with E-state index in [-0.39, 0.29) is 35.6 Å². The third-order valence-electron chi connectivity index (χ3n) is 10.9. The first-order chi connectivity index (χ1) is 27.8. The number of aromatic nitrogens is 2. The number of carbonyl (C=O) groups excluding carboxylic acids is 4. The molecule has 5 amide bonds. The average molecular weight is 795 g/mol. The van der Waals surface area contributed by atoms with E-state index in [1.165, 1.54) is 7.11 Å². The number of imidazole rings is 1. The summed E-state index contributed by atoms with van der Waals surface area (Å²) < 4.78 is 4.71. The molecular formula is C43H54N8O7. The summed E-state index contributed by atoms with van der Waals surface area (Å²) >= 11 is 0. The van der Waals surface area contributed by atoms with Crippen molar-refractivity contribution in [3.63, 3.8) is 0 Å². The van der Waals surface area contributed by atoms with Gasteiger partial charge < -0.3 is 45.5 Å². The van der Waals surface area contributed by atoms with Gasteiger partial charge in [-0.05, 0) is 85.0 Å². The first-order valence-electron chi connectivity index (χ1n) is 20.0. The van der Waals surface area contributed by atoms with Crippen LogP contribution in [0.1, 0.15) is 76.4 Å². The van der Waals surface area contributed by atoms with Gasteiger partial charge in [0.25, 0.3) is 0 Å². The molecule has 0 spiro atoms. The molecular weight excluding hydrogens is 741 g/mol. The summed E-state index contributed by atoms with van der Waals surface area (Å²) in [5.74, 6) is -0.533. The predicted octanol–water partition coefficient (Wildman–Crippen LogP) is 6.04.